The van der Waals surface area contributed by atoms with Crippen LogP contribution in [-0.4, -0.2) is 12.1 Å². The summed E-state index contributed by atoms with van der Waals surface area (Å²) in [6.45, 7) is 9.52. The zero-order valence-corrected chi connectivity index (χ0v) is 10.1. The molecule has 1 aliphatic rings. The first-order valence-corrected chi connectivity index (χ1v) is 5.82. The molecule has 0 amide bonds. The van der Waals surface area contributed by atoms with Gasteiger partial charge in [-0.05, 0) is 26.7 Å². The molecule has 2 heteroatoms. The summed E-state index contributed by atoms with van der Waals surface area (Å²) in [5, 5.41) is 0. The van der Waals surface area contributed by atoms with Gasteiger partial charge in [0, 0.05) is 11.0 Å². The van der Waals surface area contributed by atoms with Gasteiger partial charge in [-0.1, -0.05) is 32.8 Å². The zero-order chi connectivity index (χ0) is 11.5. The summed E-state index contributed by atoms with van der Waals surface area (Å²) in [5.41, 5.74) is 0.657. The highest BCUT2D eigenvalue weighted by atomic mass is 16.5. The van der Waals surface area contributed by atoms with Gasteiger partial charge < -0.3 is 4.74 Å². The molecule has 0 saturated heterocycles. The maximum Gasteiger partial charge on any atom is 0.333 e. The Bertz CT molecular complexity index is 249. The second kappa shape index (κ2) is 4.82. The van der Waals surface area contributed by atoms with Crippen molar-refractivity contribution in [1.29, 1.82) is 0 Å². The minimum absolute atomic E-state index is 0.00185. The largest absolute Gasteiger partial charge is 0.459 e. The first kappa shape index (κ1) is 12.3. The average Bonchev–Trinajstić information content (AvgIpc) is 2.18. The standard InChI is InChI=1S/C13H22O2/c1-10(2)12(14)15-11(3)13(4)8-6-5-7-9-13/h11H,1,5-9H2,2-4H3. The van der Waals surface area contributed by atoms with Crippen molar-refractivity contribution in [3.8, 4) is 0 Å². The predicted octanol–water partition coefficient (Wildman–Crippen LogP) is 3.46. The smallest absolute Gasteiger partial charge is 0.333 e. The highest BCUT2D eigenvalue weighted by Crippen LogP contribution is 2.40. The summed E-state index contributed by atoms with van der Waals surface area (Å²) in [6.07, 6.45) is 6.16. The van der Waals surface area contributed by atoms with Crippen LogP contribution in [0.1, 0.15) is 52.9 Å². The third kappa shape index (κ3) is 3.08. The van der Waals surface area contributed by atoms with Crippen LogP contribution in [0.3, 0.4) is 0 Å². The summed E-state index contributed by atoms with van der Waals surface area (Å²) >= 11 is 0. The fraction of sp³-hybridized carbons (Fsp3) is 0.769. The van der Waals surface area contributed by atoms with Gasteiger partial charge in [0.25, 0.3) is 0 Å². The maximum atomic E-state index is 11.4. The molecule has 0 aromatic heterocycles. The van der Waals surface area contributed by atoms with Gasteiger partial charge in [-0.25, -0.2) is 4.79 Å². The van der Waals surface area contributed by atoms with E-state index >= 15 is 0 Å². The molecule has 2 nitrogen and oxygen atoms in total. The number of hydrogen-bond donors (Lipinski definition) is 0. The van der Waals surface area contributed by atoms with E-state index in [4.69, 9.17) is 4.74 Å². The van der Waals surface area contributed by atoms with Crippen molar-refractivity contribution in [2.75, 3.05) is 0 Å². The SMILES string of the molecule is C=C(C)C(=O)OC(C)C1(C)CCCCC1. The molecule has 0 radical (unpaired) electrons. The Labute approximate surface area is 92.7 Å². The molecule has 0 aromatic rings. The molecule has 0 aliphatic heterocycles. The Balaban J connectivity index is 2.54. The Morgan fingerprint density at radius 3 is 2.33 bits per heavy atom. The molecule has 1 rings (SSSR count). The van der Waals surface area contributed by atoms with Crippen LogP contribution in [0.25, 0.3) is 0 Å². The van der Waals surface area contributed by atoms with E-state index in [1.54, 1.807) is 6.92 Å². The first-order valence-electron chi connectivity index (χ1n) is 5.82. The molecule has 15 heavy (non-hydrogen) atoms. The van der Waals surface area contributed by atoms with Crippen LogP contribution >= 0.6 is 0 Å². The van der Waals surface area contributed by atoms with Crippen LogP contribution in [-0.2, 0) is 9.53 Å². The van der Waals surface area contributed by atoms with E-state index in [0.29, 0.717) is 5.57 Å². The van der Waals surface area contributed by atoms with Gasteiger partial charge in [0.1, 0.15) is 6.10 Å². The van der Waals surface area contributed by atoms with E-state index in [2.05, 4.69) is 13.5 Å². The topological polar surface area (TPSA) is 26.3 Å². The molecule has 0 N–H and O–H groups in total. The maximum absolute atomic E-state index is 11.4. The van der Waals surface area contributed by atoms with Gasteiger partial charge in [0.2, 0.25) is 0 Å². The minimum Gasteiger partial charge on any atom is -0.459 e. The van der Waals surface area contributed by atoms with Gasteiger partial charge in [0.15, 0.2) is 0 Å². The molecule has 0 aromatic carbocycles. The van der Waals surface area contributed by atoms with Gasteiger partial charge in [-0.2, -0.15) is 0 Å². The molecule has 1 fully saturated rings. The highest BCUT2D eigenvalue weighted by molar-refractivity contribution is 5.87. The lowest BCUT2D eigenvalue weighted by molar-refractivity contribution is -0.150. The monoisotopic (exact) mass is 210 g/mol. The normalized spacial score (nSPS) is 21.8. The molecule has 1 aliphatic carbocycles. The second-order valence-electron chi connectivity index (χ2n) is 5.04. The van der Waals surface area contributed by atoms with Crippen molar-refractivity contribution in [1.82, 2.24) is 0 Å². The molecular weight excluding hydrogens is 188 g/mol. The van der Waals surface area contributed by atoms with Gasteiger partial charge in [-0.15, -0.1) is 0 Å². The van der Waals surface area contributed by atoms with Crippen molar-refractivity contribution < 1.29 is 9.53 Å². The molecule has 1 saturated carbocycles. The van der Waals surface area contributed by atoms with Gasteiger partial charge >= 0.3 is 5.97 Å². The lowest BCUT2D eigenvalue weighted by Gasteiger charge is -2.38. The van der Waals surface area contributed by atoms with Gasteiger partial charge in [-0.3, -0.25) is 0 Å². The predicted molar refractivity (Wildman–Crippen MR) is 61.6 cm³/mol. The van der Waals surface area contributed by atoms with Crippen LogP contribution in [0.5, 0.6) is 0 Å². The summed E-state index contributed by atoms with van der Waals surface area (Å²) in [4.78, 5) is 11.4. The number of carbonyl (C=O) groups is 1. The molecular formula is C13H22O2. The van der Waals surface area contributed by atoms with E-state index in [9.17, 15) is 4.79 Å². The second-order valence-corrected chi connectivity index (χ2v) is 5.04. The first-order chi connectivity index (χ1) is 6.96. The van der Waals surface area contributed by atoms with Crippen molar-refractivity contribution in [3.05, 3.63) is 12.2 Å². The average molecular weight is 210 g/mol. The summed E-state index contributed by atoms with van der Waals surface area (Å²) in [6, 6.07) is 0. The number of rotatable bonds is 3. The minimum atomic E-state index is -0.255. The van der Waals surface area contributed by atoms with Crippen molar-refractivity contribution in [2.45, 2.75) is 59.0 Å². The molecule has 0 spiro atoms. The van der Waals surface area contributed by atoms with E-state index in [1.165, 1.54) is 19.3 Å². The molecule has 1 atom stereocenters. The summed E-state index contributed by atoms with van der Waals surface area (Å²) in [7, 11) is 0. The van der Waals surface area contributed by atoms with E-state index in [1.807, 2.05) is 6.92 Å². The van der Waals surface area contributed by atoms with Crippen LogP contribution in [0.4, 0.5) is 0 Å². The summed E-state index contributed by atoms with van der Waals surface area (Å²) in [5.74, 6) is -0.255. The van der Waals surface area contributed by atoms with Crippen molar-refractivity contribution >= 4 is 5.97 Å². The van der Waals surface area contributed by atoms with Crippen LogP contribution in [0.2, 0.25) is 0 Å². The van der Waals surface area contributed by atoms with E-state index in [-0.39, 0.29) is 17.5 Å². The quantitative estimate of drug-likeness (QED) is 0.526. The van der Waals surface area contributed by atoms with Crippen LogP contribution in [0, 0.1) is 5.41 Å². The van der Waals surface area contributed by atoms with Crippen molar-refractivity contribution in [2.24, 2.45) is 5.41 Å². The Kier molecular flexibility index (Phi) is 3.95. The van der Waals surface area contributed by atoms with E-state index < -0.39 is 0 Å². The molecule has 0 heterocycles. The highest BCUT2D eigenvalue weighted by Gasteiger charge is 2.35. The van der Waals surface area contributed by atoms with Crippen LogP contribution in [0.15, 0.2) is 12.2 Å². The number of ether oxygens (including phenoxy) is 1. The lowest BCUT2D eigenvalue weighted by atomic mass is 9.72. The Morgan fingerprint density at radius 1 is 1.33 bits per heavy atom. The Hall–Kier alpha value is -0.790. The number of carbonyl (C=O) groups excluding carboxylic acids is 1. The fourth-order valence-electron chi connectivity index (χ4n) is 2.17. The summed E-state index contributed by atoms with van der Waals surface area (Å²) < 4.78 is 5.42. The van der Waals surface area contributed by atoms with E-state index in [0.717, 1.165) is 12.8 Å². The third-order valence-corrected chi connectivity index (χ3v) is 3.61. The third-order valence-electron chi connectivity index (χ3n) is 3.61. The van der Waals surface area contributed by atoms with Crippen LogP contribution < -0.4 is 0 Å². The zero-order valence-electron chi connectivity index (χ0n) is 10.1. The number of hydrogen-bond acceptors (Lipinski definition) is 2. The molecule has 1 unspecified atom stereocenters. The van der Waals surface area contributed by atoms with Gasteiger partial charge in [0.05, 0.1) is 0 Å². The number of esters is 1. The Morgan fingerprint density at radius 2 is 1.87 bits per heavy atom. The lowest BCUT2D eigenvalue weighted by Crippen LogP contribution is -2.35. The van der Waals surface area contributed by atoms with Crippen molar-refractivity contribution in [3.63, 3.8) is 0 Å². The molecule has 86 valence electrons. The molecule has 0 bridgehead atoms. The fourth-order valence-corrected chi connectivity index (χ4v) is 2.17.